The molecule has 0 atom stereocenters. The average molecular weight is 191 g/mol. The molecular weight excluding hydrogens is 178 g/mol. The van der Waals surface area contributed by atoms with Gasteiger partial charge in [0.1, 0.15) is 6.73 Å². The molecule has 3 heteroatoms. The fraction of sp³-hybridized carbons (Fsp3) is 0.182. The lowest BCUT2D eigenvalue weighted by atomic mass is 10.2. The first kappa shape index (κ1) is 10.5. The second-order valence-corrected chi connectivity index (χ2v) is 2.72. The maximum atomic E-state index is 10.7. The Hall–Kier alpha value is -1.61. The van der Waals surface area contributed by atoms with Gasteiger partial charge < -0.3 is 10.1 Å². The van der Waals surface area contributed by atoms with Crippen molar-refractivity contribution in [3.8, 4) is 0 Å². The standard InChI is InChI=1S/C11H13NO2/c1-2-11(13)12-9-14-8-10-6-4-3-5-7-10/h2-7H,1,8-9H2,(H,12,13). The number of ether oxygens (including phenoxy) is 1. The minimum Gasteiger partial charge on any atom is -0.357 e. The van der Waals surface area contributed by atoms with E-state index in [2.05, 4.69) is 11.9 Å². The summed E-state index contributed by atoms with van der Waals surface area (Å²) in [4.78, 5) is 10.7. The van der Waals surface area contributed by atoms with E-state index in [4.69, 9.17) is 4.74 Å². The third-order valence-electron chi connectivity index (χ3n) is 1.65. The van der Waals surface area contributed by atoms with Crippen LogP contribution in [0.25, 0.3) is 0 Å². The Labute approximate surface area is 83.4 Å². The smallest absolute Gasteiger partial charge is 0.245 e. The van der Waals surface area contributed by atoms with Gasteiger partial charge in [0.05, 0.1) is 6.61 Å². The van der Waals surface area contributed by atoms with Crippen LogP contribution in [0.15, 0.2) is 43.0 Å². The molecule has 0 aromatic heterocycles. The molecule has 74 valence electrons. The van der Waals surface area contributed by atoms with Crippen LogP contribution in [-0.2, 0) is 16.1 Å². The average Bonchev–Trinajstić information content (AvgIpc) is 2.25. The van der Waals surface area contributed by atoms with Crippen LogP contribution in [0.5, 0.6) is 0 Å². The van der Waals surface area contributed by atoms with Crippen molar-refractivity contribution in [2.24, 2.45) is 0 Å². The Morgan fingerprint density at radius 2 is 2.14 bits per heavy atom. The second kappa shape index (κ2) is 5.94. The summed E-state index contributed by atoms with van der Waals surface area (Å²) in [6, 6.07) is 9.77. The van der Waals surface area contributed by atoms with Crippen molar-refractivity contribution in [3.63, 3.8) is 0 Å². The Balaban J connectivity index is 2.16. The molecule has 0 unspecified atom stereocenters. The number of benzene rings is 1. The van der Waals surface area contributed by atoms with Crippen molar-refractivity contribution < 1.29 is 9.53 Å². The monoisotopic (exact) mass is 191 g/mol. The molecule has 0 fully saturated rings. The normalized spacial score (nSPS) is 9.43. The molecule has 0 saturated carbocycles. The highest BCUT2D eigenvalue weighted by atomic mass is 16.5. The lowest BCUT2D eigenvalue weighted by Crippen LogP contribution is -2.23. The van der Waals surface area contributed by atoms with Crippen molar-refractivity contribution in [2.45, 2.75) is 6.61 Å². The van der Waals surface area contributed by atoms with Crippen LogP contribution in [0, 0.1) is 0 Å². The number of hydrogen-bond acceptors (Lipinski definition) is 2. The van der Waals surface area contributed by atoms with Crippen molar-refractivity contribution in [2.75, 3.05) is 6.73 Å². The van der Waals surface area contributed by atoms with Gasteiger partial charge in [0.25, 0.3) is 0 Å². The number of nitrogens with one attached hydrogen (secondary N) is 1. The van der Waals surface area contributed by atoms with E-state index in [0.717, 1.165) is 5.56 Å². The number of hydrogen-bond donors (Lipinski definition) is 1. The third-order valence-corrected chi connectivity index (χ3v) is 1.65. The first-order chi connectivity index (χ1) is 6.83. The zero-order valence-electron chi connectivity index (χ0n) is 7.90. The van der Waals surface area contributed by atoms with Gasteiger partial charge in [0, 0.05) is 0 Å². The van der Waals surface area contributed by atoms with Crippen molar-refractivity contribution in [1.29, 1.82) is 0 Å². The van der Waals surface area contributed by atoms with Gasteiger partial charge >= 0.3 is 0 Å². The van der Waals surface area contributed by atoms with Crippen LogP contribution in [0.1, 0.15) is 5.56 Å². The zero-order chi connectivity index (χ0) is 10.2. The predicted molar refractivity (Wildman–Crippen MR) is 54.4 cm³/mol. The molecule has 0 aliphatic heterocycles. The van der Waals surface area contributed by atoms with Gasteiger partial charge in [0.2, 0.25) is 5.91 Å². The summed E-state index contributed by atoms with van der Waals surface area (Å²) in [7, 11) is 0. The van der Waals surface area contributed by atoms with Crippen molar-refractivity contribution >= 4 is 5.91 Å². The summed E-state index contributed by atoms with van der Waals surface area (Å²) in [6.45, 7) is 4.04. The number of amides is 1. The van der Waals surface area contributed by atoms with Crippen molar-refractivity contribution in [1.82, 2.24) is 5.32 Å². The Kier molecular flexibility index (Phi) is 4.44. The molecule has 14 heavy (non-hydrogen) atoms. The highest BCUT2D eigenvalue weighted by Crippen LogP contribution is 1.99. The summed E-state index contributed by atoms with van der Waals surface area (Å²) in [5, 5.41) is 2.52. The molecule has 1 aromatic carbocycles. The fourth-order valence-corrected chi connectivity index (χ4v) is 0.937. The summed E-state index contributed by atoms with van der Waals surface area (Å²) in [5.41, 5.74) is 1.08. The van der Waals surface area contributed by atoms with Crippen LogP contribution in [0.2, 0.25) is 0 Å². The highest BCUT2D eigenvalue weighted by Gasteiger charge is 1.93. The molecule has 0 bridgehead atoms. The lowest BCUT2D eigenvalue weighted by molar-refractivity contribution is -0.118. The summed E-state index contributed by atoms with van der Waals surface area (Å²) < 4.78 is 5.21. The molecule has 3 nitrogen and oxygen atoms in total. The maximum Gasteiger partial charge on any atom is 0.245 e. The van der Waals surface area contributed by atoms with E-state index < -0.39 is 0 Å². The van der Waals surface area contributed by atoms with Gasteiger partial charge in [-0.3, -0.25) is 4.79 Å². The lowest BCUT2D eigenvalue weighted by Gasteiger charge is -2.04. The third kappa shape index (κ3) is 3.87. The summed E-state index contributed by atoms with van der Waals surface area (Å²) in [6.07, 6.45) is 1.21. The van der Waals surface area contributed by atoms with Crippen LogP contribution >= 0.6 is 0 Å². The van der Waals surface area contributed by atoms with Gasteiger partial charge in [-0.2, -0.15) is 0 Å². The molecule has 0 heterocycles. The van der Waals surface area contributed by atoms with Gasteiger partial charge in [-0.25, -0.2) is 0 Å². The van der Waals surface area contributed by atoms with Gasteiger partial charge in [-0.15, -0.1) is 0 Å². The molecule has 0 aliphatic carbocycles. The van der Waals surface area contributed by atoms with Crippen LogP contribution in [0.4, 0.5) is 0 Å². The largest absolute Gasteiger partial charge is 0.357 e. The Morgan fingerprint density at radius 3 is 2.79 bits per heavy atom. The van der Waals surface area contributed by atoms with E-state index in [1.807, 2.05) is 30.3 Å². The van der Waals surface area contributed by atoms with E-state index in [9.17, 15) is 4.79 Å². The summed E-state index contributed by atoms with van der Waals surface area (Å²) in [5.74, 6) is -0.224. The molecule has 0 radical (unpaired) electrons. The molecule has 0 spiro atoms. The van der Waals surface area contributed by atoms with Crippen molar-refractivity contribution in [3.05, 3.63) is 48.6 Å². The summed E-state index contributed by atoms with van der Waals surface area (Å²) >= 11 is 0. The molecule has 1 N–H and O–H groups in total. The molecular formula is C11H13NO2. The van der Waals surface area contributed by atoms with Crippen LogP contribution < -0.4 is 5.32 Å². The highest BCUT2D eigenvalue weighted by molar-refractivity contribution is 5.86. The Bertz CT molecular complexity index is 295. The van der Waals surface area contributed by atoms with E-state index in [1.54, 1.807) is 0 Å². The van der Waals surface area contributed by atoms with Crippen LogP contribution in [-0.4, -0.2) is 12.6 Å². The van der Waals surface area contributed by atoms with E-state index in [1.165, 1.54) is 6.08 Å². The fourth-order valence-electron chi connectivity index (χ4n) is 0.937. The molecule has 0 saturated heterocycles. The molecule has 1 aromatic rings. The molecule has 1 rings (SSSR count). The minimum atomic E-state index is -0.224. The van der Waals surface area contributed by atoms with E-state index in [0.29, 0.717) is 6.61 Å². The molecule has 1 amide bonds. The van der Waals surface area contributed by atoms with Gasteiger partial charge in [-0.05, 0) is 11.6 Å². The second-order valence-electron chi connectivity index (χ2n) is 2.72. The first-order valence-electron chi connectivity index (χ1n) is 4.35. The minimum absolute atomic E-state index is 0.208. The predicted octanol–water partition coefficient (Wildman–Crippen LogP) is 1.46. The SMILES string of the molecule is C=CC(=O)NCOCc1ccccc1. The van der Waals surface area contributed by atoms with E-state index in [-0.39, 0.29) is 12.6 Å². The quantitative estimate of drug-likeness (QED) is 0.434. The van der Waals surface area contributed by atoms with Crippen LogP contribution in [0.3, 0.4) is 0 Å². The number of rotatable bonds is 5. The van der Waals surface area contributed by atoms with E-state index >= 15 is 0 Å². The van der Waals surface area contributed by atoms with Gasteiger partial charge in [0.15, 0.2) is 0 Å². The maximum absolute atomic E-state index is 10.7. The zero-order valence-corrected chi connectivity index (χ0v) is 7.90. The topological polar surface area (TPSA) is 38.3 Å². The number of carbonyl (C=O) groups is 1. The Morgan fingerprint density at radius 1 is 1.43 bits per heavy atom. The first-order valence-corrected chi connectivity index (χ1v) is 4.35. The molecule has 0 aliphatic rings. The van der Waals surface area contributed by atoms with Gasteiger partial charge in [-0.1, -0.05) is 36.9 Å². The number of carbonyl (C=O) groups excluding carboxylic acids is 1.